The number of piperazine rings is 1. The van der Waals surface area contributed by atoms with Gasteiger partial charge < -0.3 is 9.80 Å². The molecule has 1 fully saturated rings. The molecule has 6 heteroatoms. The Balaban J connectivity index is 1.80. The third kappa shape index (κ3) is 5.02. The van der Waals surface area contributed by atoms with Crippen LogP contribution in [-0.4, -0.2) is 57.4 Å². The highest BCUT2D eigenvalue weighted by Crippen LogP contribution is 2.18. The molecular formula is C16H24N2O3S. The van der Waals surface area contributed by atoms with Gasteiger partial charge in [0.25, 0.3) is 0 Å². The summed E-state index contributed by atoms with van der Waals surface area (Å²) in [5.41, 5.74) is 2.43. The van der Waals surface area contributed by atoms with Gasteiger partial charge in [-0.15, -0.1) is 0 Å². The Morgan fingerprint density at radius 1 is 1.18 bits per heavy atom. The van der Waals surface area contributed by atoms with Gasteiger partial charge in [-0.05, 0) is 31.0 Å². The fourth-order valence-corrected chi connectivity index (χ4v) is 3.35. The van der Waals surface area contributed by atoms with Crippen molar-refractivity contribution in [2.75, 3.05) is 43.1 Å². The Hall–Kier alpha value is -1.56. The van der Waals surface area contributed by atoms with Crippen molar-refractivity contribution in [2.24, 2.45) is 0 Å². The molecule has 0 atom stereocenters. The van der Waals surface area contributed by atoms with Gasteiger partial charge in [-0.2, -0.15) is 0 Å². The summed E-state index contributed by atoms with van der Waals surface area (Å²) in [6.07, 6.45) is 1.94. The first-order chi connectivity index (χ1) is 10.3. The predicted molar refractivity (Wildman–Crippen MR) is 88.9 cm³/mol. The van der Waals surface area contributed by atoms with Gasteiger partial charge in [-0.25, -0.2) is 8.42 Å². The summed E-state index contributed by atoms with van der Waals surface area (Å²) in [4.78, 5) is 16.2. The summed E-state index contributed by atoms with van der Waals surface area (Å²) in [6.45, 7) is 5.12. The Kier molecular flexibility index (Phi) is 5.45. The second-order valence-corrected chi connectivity index (χ2v) is 8.20. The van der Waals surface area contributed by atoms with E-state index in [0.29, 0.717) is 25.9 Å². The van der Waals surface area contributed by atoms with E-state index in [4.69, 9.17) is 0 Å². The average Bonchev–Trinajstić information content (AvgIpc) is 2.46. The van der Waals surface area contributed by atoms with Gasteiger partial charge >= 0.3 is 0 Å². The minimum absolute atomic E-state index is 0.0625. The molecule has 0 radical (unpaired) electrons. The highest BCUT2D eigenvalue weighted by Gasteiger charge is 2.21. The number of carbonyl (C=O) groups excluding carboxylic acids is 1. The van der Waals surface area contributed by atoms with Gasteiger partial charge in [-0.3, -0.25) is 4.79 Å². The van der Waals surface area contributed by atoms with E-state index in [9.17, 15) is 13.2 Å². The molecule has 0 bridgehead atoms. The summed E-state index contributed by atoms with van der Waals surface area (Å²) in [5, 5.41) is 0. The van der Waals surface area contributed by atoms with Gasteiger partial charge in [0.1, 0.15) is 9.84 Å². The molecule has 22 heavy (non-hydrogen) atoms. The highest BCUT2D eigenvalue weighted by molar-refractivity contribution is 7.90. The molecule has 1 heterocycles. The quantitative estimate of drug-likeness (QED) is 0.823. The molecule has 0 aromatic heterocycles. The van der Waals surface area contributed by atoms with Gasteiger partial charge in [0.2, 0.25) is 5.91 Å². The van der Waals surface area contributed by atoms with Crippen LogP contribution in [0.5, 0.6) is 0 Å². The maximum atomic E-state index is 12.1. The Labute approximate surface area is 132 Å². The van der Waals surface area contributed by atoms with E-state index < -0.39 is 9.84 Å². The van der Waals surface area contributed by atoms with Crippen molar-refractivity contribution in [1.29, 1.82) is 0 Å². The molecule has 0 unspecified atom stereocenters. The number of aryl methyl sites for hydroxylation is 1. The third-order valence-corrected chi connectivity index (χ3v) is 4.94. The molecule has 1 amide bonds. The second-order valence-electron chi connectivity index (χ2n) is 5.94. The maximum absolute atomic E-state index is 12.1. The number of rotatable bonds is 5. The van der Waals surface area contributed by atoms with Crippen LogP contribution in [0.3, 0.4) is 0 Å². The summed E-state index contributed by atoms with van der Waals surface area (Å²) in [7, 11) is -2.98. The van der Waals surface area contributed by atoms with Gasteiger partial charge in [0.05, 0.1) is 5.75 Å². The van der Waals surface area contributed by atoms with E-state index in [0.717, 1.165) is 13.1 Å². The maximum Gasteiger partial charge on any atom is 0.222 e. The van der Waals surface area contributed by atoms with E-state index in [1.165, 1.54) is 17.5 Å². The van der Waals surface area contributed by atoms with Gasteiger partial charge in [0, 0.05) is 44.5 Å². The SMILES string of the molecule is Cc1cccc(N2CCN(C(=O)CCCS(C)(=O)=O)CC2)c1. The normalized spacial score (nSPS) is 15.9. The van der Waals surface area contributed by atoms with Crippen molar-refractivity contribution < 1.29 is 13.2 Å². The predicted octanol–water partition coefficient (Wildman–Crippen LogP) is 1.47. The molecule has 1 aromatic rings. The lowest BCUT2D eigenvalue weighted by molar-refractivity contribution is -0.131. The lowest BCUT2D eigenvalue weighted by atomic mass is 10.2. The zero-order valence-corrected chi connectivity index (χ0v) is 14.1. The number of nitrogens with zero attached hydrogens (tertiary/aromatic N) is 2. The second kappa shape index (κ2) is 7.13. The van der Waals surface area contributed by atoms with Crippen LogP contribution >= 0.6 is 0 Å². The van der Waals surface area contributed by atoms with Crippen LogP contribution in [0, 0.1) is 6.92 Å². The lowest BCUT2D eigenvalue weighted by Gasteiger charge is -2.36. The zero-order valence-electron chi connectivity index (χ0n) is 13.3. The topological polar surface area (TPSA) is 57.7 Å². The molecule has 1 saturated heterocycles. The number of anilines is 1. The minimum atomic E-state index is -2.98. The molecule has 0 N–H and O–H groups in total. The van der Waals surface area contributed by atoms with Crippen molar-refractivity contribution >= 4 is 21.4 Å². The molecule has 1 aromatic carbocycles. The molecule has 122 valence electrons. The summed E-state index contributed by atoms with van der Waals surface area (Å²) >= 11 is 0. The van der Waals surface area contributed by atoms with Crippen LogP contribution in [-0.2, 0) is 14.6 Å². The van der Waals surface area contributed by atoms with Crippen LogP contribution in [0.25, 0.3) is 0 Å². The van der Waals surface area contributed by atoms with Crippen LogP contribution < -0.4 is 4.90 Å². The van der Waals surface area contributed by atoms with Crippen LogP contribution in [0.15, 0.2) is 24.3 Å². The first-order valence-electron chi connectivity index (χ1n) is 7.62. The van der Waals surface area contributed by atoms with Crippen LogP contribution in [0.1, 0.15) is 18.4 Å². The molecule has 0 saturated carbocycles. The van der Waals surface area contributed by atoms with E-state index >= 15 is 0 Å². The molecular weight excluding hydrogens is 300 g/mol. The lowest BCUT2D eigenvalue weighted by Crippen LogP contribution is -2.48. The van der Waals surface area contributed by atoms with Crippen LogP contribution in [0.4, 0.5) is 5.69 Å². The summed E-state index contributed by atoms with van der Waals surface area (Å²) < 4.78 is 22.2. The minimum Gasteiger partial charge on any atom is -0.368 e. The smallest absolute Gasteiger partial charge is 0.222 e. The molecule has 2 rings (SSSR count). The summed E-state index contributed by atoms with van der Waals surface area (Å²) in [6, 6.07) is 8.37. The number of hydrogen-bond donors (Lipinski definition) is 0. The van der Waals surface area contributed by atoms with E-state index in [2.05, 4.69) is 30.0 Å². The number of benzene rings is 1. The standard InChI is InChI=1S/C16H24N2O3S/c1-14-5-3-6-15(13-14)17-8-10-18(11-9-17)16(19)7-4-12-22(2,20)21/h3,5-6,13H,4,7-12H2,1-2H3. The highest BCUT2D eigenvalue weighted by atomic mass is 32.2. The van der Waals surface area contributed by atoms with E-state index in [-0.39, 0.29) is 11.7 Å². The first-order valence-corrected chi connectivity index (χ1v) is 9.68. The number of sulfone groups is 1. The van der Waals surface area contributed by atoms with Gasteiger partial charge in [0.15, 0.2) is 0 Å². The number of hydrogen-bond acceptors (Lipinski definition) is 4. The Bertz CT molecular complexity index is 620. The molecule has 1 aliphatic heterocycles. The summed E-state index contributed by atoms with van der Waals surface area (Å²) in [5.74, 6) is 0.148. The largest absolute Gasteiger partial charge is 0.368 e. The average molecular weight is 324 g/mol. The van der Waals surface area contributed by atoms with Crippen molar-refractivity contribution in [3.8, 4) is 0 Å². The van der Waals surface area contributed by atoms with Crippen molar-refractivity contribution in [3.63, 3.8) is 0 Å². The number of amides is 1. The molecule has 5 nitrogen and oxygen atoms in total. The van der Waals surface area contributed by atoms with E-state index in [1.54, 1.807) is 0 Å². The fourth-order valence-electron chi connectivity index (χ4n) is 2.68. The molecule has 1 aliphatic rings. The Morgan fingerprint density at radius 2 is 1.86 bits per heavy atom. The zero-order chi connectivity index (χ0) is 16.2. The number of carbonyl (C=O) groups is 1. The monoisotopic (exact) mass is 324 g/mol. The fraction of sp³-hybridized carbons (Fsp3) is 0.562. The van der Waals surface area contributed by atoms with Crippen molar-refractivity contribution in [2.45, 2.75) is 19.8 Å². The van der Waals surface area contributed by atoms with Crippen molar-refractivity contribution in [1.82, 2.24) is 4.90 Å². The van der Waals surface area contributed by atoms with E-state index in [1.807, 2.05) is 11.0 Å². The first kappa shape index (κ1) is 16.8. The molecule has 0 aliphatic carbocycles. The molecule has 0 spiro atoms. The Morgan fingerprint density at radius 3 is 2.45 bits per heavy atom. The van der Waals surface area contributed by atoms with Crippen LogP contribution in [0.2, 0.25) is 0 Å². The van der Waals surface area contributed by atoms with Crippen molar-refractivity contribution in [3.05, 3.63) is 29.8 Å². The third-order valence-electron chi connectivity index (χ3n) is 3.90. The van der Waals surface area contributed by atoms with Gasteiger partial charge in [-0.1, -0.05) is 12.1 Å².